The van der Waals surface area contributed by atoms with E-state index in [1.807, 2.05) is 4.90 Å². The first kappa shape index (κ1) is 15.2. The van der Waals surface area contributed by atoms with E-state index in [0.29, 0.717) is 13.1 Å². The van der Waals surface area contributed by atoms with Gasteiger partial charge in [0, 0.05) is 33.2 Å². The van der Waals surface area contributed by atoms with Gasteiger partial charge in [0.15, 0.2) is 0 Å². The Morgan fingerprint density at radius 2 is 1.83 bits per heavy atom. The Balaban J connectivity index is 2.42. The van der Waals surface area contributed by atoms with Gasteiger partial charge in [-0.05, 0) is 19.8 Å². The molecule has 6 heteroatoms. The zero-order chi connectivity index (χ0) is 13.8. The molecule has 0 bridgehead atoms. The molecule has 0 aromatic carbocycles. The van der Waals surface area contributed by atoms with Crippen LogP contribution in [-0.2, 0) is 0 Å². The predicted octanol–water partition coefficient (Wildman–Crippen LogP) is -0.535. The zero-order valence-electron chi connectivity index (χ0n) is 11.5. The Kier molecular flexibility index (Phi) is 5.37. The molecule has 0 unspecified atom stereocenters. The maximum absolute atomic E-state index is 11.8. The smallest absolute Gasteiger partial charge is 0.319 e. The van der Waals surface area contributed by atoms with Gasteiger partial charge in [0.05, 0.1) is 18.8 Å². The Hall–Kier alpha value is -0.850. The zero-order valence-corrected chi connectivity index (χ0v) is 11.5. The fourth-order valence-corrected chi connectivity index (χ4v) is 2.13. The van der Waals surface area contributed by atoms with E-state index < -0.39 is 5.54 Å². The normalized spacial score (nSPS) is 17.9. The van der Waals surface area contributed by atoms with Crippen molar-refractivity contribution in [3.05, 3.63) is 0 Å². The lowest BCUT2D eigenvalue weighted by atomic mass is 9.98. The van der Waals surface area contributed by atoms with Crippen molar-refractivity contribution in [1.82, 2.24) is 15.1 Å². The largest absolute Gasteiger partial charge is 0.394 e. The van der Waals surface area contributed by atoms with Crippen molar-refractivity contribution in [2.75, 3.05) is 40.4 Å². The highest BCUT2D eigenvalue weighted by Gasteiger charge is 2.29. The van der Waals surface area contributed by atoms with Crippen molar-refractivity contribution < 1.29 is 15.0 Å². The van der Waals surface area contributed by atoms with Gasteiger partial charge in [0.1, 0.15) is 0 Å². The van der Waals surface area contributed by atoms with Gasteiger partial charge >= 0.3 is 6.03 Å². The highest BCUT2D eigenvalue weighted by molar-refractivity contribution is 5.73. The average Bonchev–Trinajstić information content (AvgIpc) is 2.38. The number of nitrogens with zero attached hydrogens (tertiary/aromatic N) is 2. The van der Waals surface area contributed by atoms with Crippen LogP contribution in [0.4, 0.5) is 4.79 Å². The van der Waals surface area contributed by atoms with Gasteiger partial charge in [-0.3, -0.25) is 0 Å². The molecule has 0 aromatic rings. The molecule has 0 spiro atoms. The maximum atomic E-state index is 11.8. The van der Waals surface area contributed by atoms with Crippen LogP contribution in [0.2, 0.25) is 0 Å². The van der Waals surface area contributed by atoms with E-state index in [1.54, 1.807) is 25.9 Å². The molecule has 1 fully saturated rings. The summed E-state index contributed by atoms with van der Waals surface area (Å²) in [6.45, 7) is 3.02. The molecular weight excluding hydrogens is 234 g/mol. The van der Waals surface area contributed by atoms with E-state index in [9.17, 15) is 15.0 Å². The van der Waals surface area contributed by atoms with Crippen LogP contribution in [0.25, 0.3) is 0 Å². The third-order valence-electron chi connectivity index (χ3n) is 3.40. The van der Waals surface area contributed by atoms with Crippen LogP contribution in [0.5, 0.6) is 0 Å². The lowest BCUT2D eigenvalue weighted by Crippen LogP contribution is -2.57. The molecule has 6 nitrogen and oxygen atoms in total. The number of nitrogens with one attached hydrogen (secondary N) is 1. The van der Waals surface area contributed by atoms with Crippen LogP contribution in [0.15, 0.2) is 0 Å². The van der Waals surface area contributed by atoms with Crippen LogP contribution in [0, 0.1) is 0 Å². The lowest BCUT2D eigenvalue weighted by molar-refractivity contribution is 0.0809. The molecule has 1 aliphatic rings. The monoisotopic (exact) mass is 259 g/mol. The number of piperidine rings is 1. The summed E-state index contributed by atoms with van der Waals surface area (Å²) < 4.78 is 0. The quantitative estimate of drug-likeness (QED) is 0.634. The number of carbonyl (C=O) groups is 1. The summed E-state index contributed by atoms with van der Waals surface area (Å²) in [5.74, 6) is 0. The first-order chi connectivity index (χ1) is 8.41. The first-order valence-electron chi connectivity index (χ1n) is 6.37. The molecule has 106 valence electrons. The number of amides is 2. The second-order valence-corrected chi connectivity index (χ2v) is 5.46. The first-order valence-corrected chi connectivity index (χ1v) is 6.37. The Morgan fingerprint density at radius 3 is 2.22 bits per heavy atom. The van der Waals surface area contributed by atoms with Crippen LogP contribution in [-0.4, -0.2) is 78.0 Å². The number of hydrogen-bond acceptors (Lipinski definition) is 4. The summed E-state index contributed by atoms with van der Waals surface area (Å²) in [5.41, 5.74) is -0.640. The molecule has 2 amide bonds. The number of aliphatic hydroxyl groups is 2. The second kappa shape index (κ2) is 6.36. The van der Waals surface area contributed by atoms with E-state index in [2.05, 4.69) is 5.32 Å². The van der Waals surface area contributed by atoms with E-state index in [-0.39, 0.29) is 25.3 Å². The van der Waals surface area contributed by atoms with Gasteiger partial charge in [-0.1, -0.05) is 0 Å². The van der Waals surface area contributed by atoms with Crippen molar-refractivity contribution >= 4 is 6.03 Å². The summed E-state index contributed by atoms with van der Waals surface area (Å²) in [7, 11) is 3.50. The van der Waals surface area contributed by atoms with Gasteiger partial charge < -0.3 is 25.3 Å². The van der Waals surface area contributed by atoms with Crippen molar-refractivity contribution in [2.45, 2.75) is 31.3 Å². The van der Waals surface area contributed by atoms with Crippen molar-refractivity contribution in [2.24, 2.45) is 0 Å². The summed E-state index contributed by atoms with van der Waals surface area (Å²) in [6, 6.07) is 0.279. The molecule has 0 radical (unpaired) electrons. The third kappa shape index (κ3) is 3.83. The van der Waals surface area contributed by atoms with Crippen molar-refractivity contribution in [3.8, 4) is 0 Å². The molecule has 1 rings (SSSR count). The molecule has 18 heavy (non-hydrogen) atoms. The van der Waals surface area contributed by atoms with Gasteiger partial charge in [0.25, 0.3) is 0 Å². The Labute approximate surface area is 109 Å². The Bertz CT molecular complexity index is 272. The molecule has 1 saturated heterocycles. The molecule has 1 aliphatic heterocycles. The molecule has 0 saturated carbocycles. The van der Waals surface area contributed by atoms with Crippen molar-refractivity contribution in [1.29, 1.82) is 0 Å². The number of hydrogen-bond donors (Lipinski definition) is 3. The standard InChI is InChI=1S/C12H25N3O3/c1-12(8-16,9-17)13-10-4-6-15(7-5-10)11(18)14(2)3/h10,13,16-17H,4-9H2,1-3H3. The summed E-state index contributed by atoms with van der Waals surface area (Å²) >= 11 is 0. The van der Waals surface area contributed by atoms with Crippen LogP contribution < -0.4 is 5.32 Å². The number of carbonyl (C=O) groups excluding carboxylic acids is 1. The number of urea groups is 1. The van der Waals surface area contributed by atoms with Crippen LogP contribution >= 0.6 is 0 Å². The number of aliphatic hydroxyl groups excluding tert-OH is 2. The average molecular weight is 259 g/mol. The molecule has 0 atom stereocenters. The minimum Gasteiger partial charge on any atom is -0.394 e. The van der Waals surface area contributed by atoms with E-state index >= 15 is 0 Å². The fraction of sp³-hybridized carbons (Fsp3) is 0.917. The third-order valence-corrected chi connectivity index (χ3v) is 3.40. The lowest BCUT2D eigenvalue weighted by Gasteiger charge is -2.38. The molecule has 3 N–H and O–H groups in total. The summed E-state index contributed by atoms with van der Waals surface area (Å²) in [6.07, 6.45) is 1.68. The maximum Gasteiger partial charge on any atom is 0.319 e. The molecule has 0 aliphatic carbocycles. The topological polar surface area (TPSA) is 76.0 Å². The summed E-state index contributed by atoms with van der Waals surface area (Å²) in [5, 5.41) is 21.7. The molecular formula is C12H25N3O3. The highest BCUT2D eigenvalue weighted by Crippen LogP contribution is 2.15. The SMILES string of the molecule is CN(C)C(=O)N1CCC(NC(C)(CO)CO)CC1. The molecule has 1 heterocycles. The van der Waals surface area contributed by atoms with E-state index in [0.717, 1.165) is 12.8 Å². The molecule has 0 aromatic heterocycles. The minimum atomic E-state index is -0.640. The predicted molar refractivity (Wildman–Crippen MR) is 69.4 cm³/mol. The van der Waals surface area contributed by atoms with Crippen molar-refractivity contribution in [3.63, 3.8) is 0 Å². The number of likely N-dealkylation sites (tertiary alicyclic amines) is 1. The summed E-state index contributed by atoms with van der Waals surface area (Å²) in [4.78, 5) is 15.2. The van der Waals surface area contributed by atoms with Gasteiger partial charge in [0.2, 0.25) is 0 Å². The fourth-order valence-electron chi connectivity index (χ4n) is 2.13. The van der Waals surface area contributed by atoms with Crippen LogP contribution in [0.1, 0.15) is 19.8 Å². The highest BCUT2D eigenvalue weighted by atomic mass is 16.3. The van der Waals surface area contributed by atoms with E-state index in [4.69, 9.17) is 0 Å². The van der Waals surface area contributed by atoms with Gasteiger partial charge in [-0.15, -0.1) is 0 Å². The van der Waals surface area contributed by atoms with Gasteiger partial charge in [-0.2, -0.15) is 0 Å². The number of rotatable bonds is 4. The van der Waals surface area contributed by atoms with E-state index in [1.165, 1.54) is 0 Å². The Morgan fingerprint density at radius 1 is 1.33 bits per heavy atom. The van der Waals surface area contributed by atoms with Gasteiger partial charge in [-0.25, -0.2) is 4.79 Å². The minimum absolute atomic E-state index is 0.0422. The van der Waals surface area contributed by atoms with Crippen LogP contribution in [0.3, 0.4) is 0 Å². The second-order valence-electron chi connectivity index (χ2n) is 5.46.